The van der Waals surface area contributed by atoms with Crippen molar-refractivity contribution in [3.8, 4) is 0 Å². The van der Waals surface area contributed by atoms with Crippen LogP contribution in [0.25, 0.3) is 0 Å². The molecule has 0 atom stereocenters. The molecular formula is C10H14BrN3. The number of hydrogen-bond donors (Lipinski definition) is 1. The van der Waals surface area contributed by atoms with Crippen LogP contribution in [-0.2, 0) is 0 Å². The van der Waals surface area contributed by atoms with Gasteiger partial charge in [0, 0.05) is 30.3 Å². The van der Waals surface area contributed by atoms with Crippen molar-refractivity contribution in [1.82, 2.24) is 10.3 Å². The number of nitrogens with one attached hydrogen (secondary N) is 1. The molecule has 1 aliphatic rings. The molecule has 0 spiro atoms. The van der Waals surface area contributed by atoms with Crippen molar-refractivity contribution >= 4 is 21.6 Å². The van der Waals surface area contributed by atoms with Gasteiger partial charge in [0.15, 0.2) is 0 Å². The second-order valence-corrected chi connectivity index (χ2v) is 4.37. The molecule has 1 aromatic heterocycles. The zero-order valence-corrected chi connectivity index (χ0v) is 9.63. The highest BCUT2D eigenvalue weighted by Gasteiger charge is 2.09. The van der Waals surface area contributed by atoms with E-state index in [1.54, 1.807) is 0 Å². The first-order chi connectivity index (χ1) is 6.86. The third-order valence-electron chi connectivity index (χ3n) is 2.40. The third kappa shape index (κ3) is 2.45. The Kier molecular flexibility index (Phi) is 3.37. The van der Waals surface area contributed by atoms with Crippen LogP contribution in [0, 0.1) is 0 Å². The highest BCUT2D eigenvalue weighted by Crippen LogP contribution is 2.18. The normalized spacial score (nSPS) is 17.9. The maximum Gasteiger partial charge on any atom is 0.0564 e. The molecule has 0 aliphatic carbocycles. The number of rotatable bonds is 1. The smallest absolute Gasteiger partial charge is 0.0564 e. The Morgan fingerprint density at radius 3 is 3.07 bits per heavy atom. The molecule has 76 valence electrons. The fraction of sp³-hybridized carbons (Fsp3) is 0.500. The lowest BCUT2D eigenvalue weighted by Gasteiger charge is -2.21. The lowest BCUT2D eigenvalue weighted by molar-refractivity contribution is 0.724. The van der Waals surface area contributed by atoms with Gasteiger partial charge in [-0.25, -0.2) is 0 Å². The molecule has 1 fully saturated rings. The average Bonchev–Trinajstić information content (AvgIpc) is 2.45. The Hall–Kier alpha value is -0.610. The molecule has 0 aromatic carbocycles. The predicted molar refractivity (Wildman–Crippen MR) is 61.6 cm³/mol. The highest BCUT2D eigenvalue weighted by atomic mass is 79.9. The van der Waals surface area contributed by atoms with E-state index in [9.17, 15) is 0 Å². The molecule has 0 radical (unpaired) electrons. The quantitative estimate of drug-likeness (QED) is 0.828. The Bertz CT molecular complexity index is 295. The van der Waals surface area contributed by atoms with Gasteiger partial charge in [0.2, 0.25) is 0 Å². The van der Waals surface area contributed by atoms with Gasteiger partial charge in [-0.3, -0.25) is 4.98 Å². The summed E-state index contributed by atoms with van der Waals surface area (Å²) >= 11 is 3.44. The third-order valence-corrected chi connectivity index (χ3v) is 2.83. The van der Waals surface area contributed by atoms with E-state index in [1.165, 1.54) is 12.1 Å². The summed E-state index contributed by atoms with van der Waals surface area (Å²) in [6.45, 7) is 4.37. The molecule has 0 saturated carbocycles. The van der Waals surface area contributed by atoms with Gasteiger partial charge >= 0.3 is 0 Å². The van der Waals surface area contributed by atoms with Gasteiger partial charge in [-0.05, 0) is 35.0 Å². The topological polar surface area (TPSA) is 28.2 Å². The van der Waals surface area contributed by atoms with Gasteiger partial charge < -0.3 is 10.2 Å². The first kappa shape index (κ1) is 9.93. The van der Waals surface area contributed by atoms with Crippen molar-refractivity contribution < 1.29 is 0 Å². The number of halogens is 1. The lowest BCUT2D eigenvalue weighted by Crippen LogP contribution is -2.27. The first-order valence-electron chi connectivity index (χ1n) is 4.92. The zero-order chi connectivity index (χ0) is 9.80. The van der Waals surface area contributed by atoms with Gasteiger partial charge in [-0.1, -0.05) is 0 Å². The summed E-state index contributed by atoms with van der Waals surface area (Å²) in [6, 6.07) is 2.12. The van der Waals surface area contributed by atoms with E-state index in [2.05, 4.69) is 37.2 Å². The van der Waals surface area contributed by atoms with E-state index in [0.29, 0.717) is 0 Å². The summed E-state index contributed by atoms with van der Waals surface area (Å²) < 4.78 is 1.05. The maximum atomic E-state index is 4.18. The number of anilines is 1. The Balaban J connectivity index is 2.12. The van der Waals surface area contributed by atoms with E-state index < -0.39 is 0 Å². The first-order valence-corrected chi connectivity index (χ1v) is 5.72. The predicted octanol–water partition coefficient (Wildman–Crippen LogP) is 1.64. The van der Waals surface area contributed by atoms with Crippen LogP contribution in [0.15, 0.2) is 22.9 Å². The number of aromatic nitrogens is 1. The van der Waals surface area contributed by atoms with Gasteiger partial charge in [0.1, 0.15) is 0 Å². The molecule has 4 heteroatoms. The Morgan fingerprint density at radius 2 is 2.21 bits per heavy atom. The molecule has 1 saturated heterocycles. The highest BCUT2D eigenvalue weighted by molar-refractivity contribution is 9.10. The second kappa shape index (κ2) is 4.75. The standard InChI is InChI=1S/C10H14BrN3/c11-9-6-10(8-13-7-9)14-4-1-2-12-3-5-14/h6-8,12H,1-5H2. The van der Waals surface area contributed by atoms with Crippen molar-refractivity contribution in [2.24, 2.45) is 0 Å². The van der Waals surface area contributed by atoms with Crippen molar-refractivity contribution in [1.29, 1.82) is 0 Å². The van der Waals surface area contributed by atoms with Crippen molar-refractivity contribution in [3.63, 3.8) is 0 Å². The van der Waals surface area contributed by atoms with E-state index >= 15 is 0 Å². The lowest BCUT2D eigenvalue weighted by atomic mass is 10.3. The minimum absolute atomic E-state index is 1.05. The Labute approximate surface area is 92.6 Å². The molecule has 0 bridgehead atoms. The van der Waals surface area contributed by atoms with Crippen molar-refractivity contribution in [3.05, 3.63) is 22.9 Å². The van der Waals surface area contributed by atoms with Crippen LogP contribution < -0.4 is 10.2 Å². The minimum Gasteiger partial charge on any atom is -0.369 e. The van der Waals surface area contributed by atoms with Crippen LogP contribution in [0.1, 0.15) is 6.42 Å². The molecule has 2 heterocycles. The molecule has 3 nitrogen and oxygen atoms in total. The SMILES string of the molecule is Brc1cncc(N2CCCNCC2)c1. The molecule has 0 unspecified atom stereocenters. The number of pyridine rings is 1. The van der Waals surface area contributed by atoms with E-state index in [-0.39, 0.29) is 0 Å². The summed E-state index contributed by atoms with van der Waals surface area (Å²) in [6.07, 6.45) is 4.95. The molecule has 1 N–H and O–H groups in total. The number of hydrogen-bond acceptors (Lipinski definition) is 3. The van der Waals surface area contributed by atoms with Crippen LogP contribution in [0.3, 0.4) is 0 Å². The Morgan fingerprint density at radius 1 is 1.29 bits per heavy atom. The van der Waals surface area contributed by atoms with Crippen molar-refractivity contribution in [2.45, 2.75) is 6.42 Å². The molecular weight excluding hydrogens is 242 g/mol. The van der Waals surface area contributed by atoms with Crippen LogP contribution in [0.4, 0.5) is 5.69 Å². The zero-order valence-electron chi connectivity index (χ0n) is 8.04. The fourth-order valence-corrected chi connectivity index (χ4v) is 2.03. The molecule has 14 heavy (non-hydrogen) atoms. The summed E-state index contributed by atoms with van der Waals surface area (Å²) in [5.41, 5.74) is 1.21. The monoisotopic (exact) mass is 255 g/mol. The van der Waals surface area contributed by atoms with E-state index in [0.717, 1.165) is 30.7 Å². The van der Waals surface area contributed by atoms with E-state index in [1.807, 2.05) is 12.4 Å². The van der Waals surface area contributed by atoms with Gasteiger partial charge in [-0.2, -0.15) is 0 Å². The average molecular weight is 256 g/mol. The van der Waals surface area contributed by atoms with Gasteiger partial charge in [0.05, 0.1) is 11.9 Å². The fourth-order valence-electron chi connectivity index (χ4n) is 1.68. The van der Waals surface area contributed by atoms with Crippen LogP contribution in [0.5, 0.6) is 0 Å². The van der Waals surface area contributed by atoms with Gasteiger partial charge in [0.25, 0.3) is 0 Å². The van der Waals surface area contributed by atoms with Crippen LogP contribution in [0.2, 0.25) is 0 Å². The largest absolute Gasteiger partial charge is 0.369 e. The summed E-state index contributed by atoms with van der Waals surface area (Å²) in [5, 5.41) is 3.39. The minimum atomic E-state index is 1.05. The summed E-state index contributed by atoms with van der Waals surface area (Å²) in [7, 11) is 0. The van der Waals surface area contributed by atoms with E-state index in [4.69, 9.17) is 0 Å². The molecule has 2 rings (SSSR count). The van der Waals surface area contributed by atoms with Crippen LogP contribution >= 0.6 is 15.9 Å². The number of nitrogens with zero attached hydrogens (tertiary/aromatic N) is 2. The summed E-state index contributed by atoms with van der Waals surface area (Å²) in [5.74, 6) is 0. The van der Waals surface area contributed by atoms with Crippen LogP contribution in [-0.4, -0.2) is 31.2 Å². The van der Waals surface area contributed by atoms with Crippen molar-refractivity contribution in [2.75, 3.05) is 31.1 Å². The van der Waals surface area contributed by atoms with Gasteiger partial charge in [-0.15, -0.1) is 0 Å². The molecule has 1 aliphatic heterocycles. The molecule has 1 aromatic rings. The molecule has 0 amide bonds. The maximum absolute atomic E-state index is 4.18. The second-order valence-electron chi connectivity index (χ2n) is 3.45. The summed E-state index contributed by atoms with van der Waals surface area (Å²) in [4.78, 5) is 6.55.